The average molecular weight is 379 g/mol. The van der Waals surface area contributed by atoms with Gasteiger partial charge in [0.25, 0.3) is 0 Å². The summed E-state index contributed by atoms with van der Waals surface area (Å²) in [6, 6.07) is 13.3. The number of nitrogens with one attached hydrogen (secondary N) is 1. The molecule has 0 radical (unpaired) electrons. The largest absolute Gasteiger partial charge is 0.481 e. The van der Waals surface area contributed by atoms with Crippen LogP contribution in [0.2, 0.25) is 0 Å². The van der Waals surface area contributed by atoms with E-state index in [0.29, 0.717) is 31.2 Å². The lowest BCUT2D eigenvalue weighted by Gasteiger charge is -2.19. The summed E-state index contributed by atoms with van der Waals surface area (Å²) in [5.74, 6) is -1.23. The maximum atomic E-state index is 13.2. The molecular formula is C19H22FNO4S. The highest BCUT2D eigenvalue weighted by molar-refractivity contribution is 7.89. The molecule has 0 amide bonds. The monoisotopic (exact) mass is 379 g/mol. The maximum absolute atomic E-state index is 13.2. The number of halogens is 1. The second-order valence-corrected chi connectivity index (χ2v) is 7.75. The van der Waals surface area contributed by atoms with E-state index in [1.54, 1.807) is 30.3 Å². The SMILES string of the molecule is O=C(O)CCCCCC(NS(=O)(=O)c1ccccc1)c1ccc(F)cc1. The Morgan fingerprint density at radius 3 is 2.27 bits per heavy atom. The molecule has 140 valence electrons. The summed E-state index contributed by atoms with van der Waals surface area (Å²) in [4.78, 5) is 10.7. The van der Waals surface area contributed by atoms with Gasteiger partial charge < -0.3 is 5.11 Å². The van der Waals surface area contributed by atoms with Crippen molar-refractivity contribution in [2.24, 2.45) is 0 Å². The molecular weight excluding hydrogens is 357 g/mol. The van der Waals surface area contributed by atoms with Crippen molar-refractivity contribution in [1.29, 1.82) is 0 Å². The van der Waals surface area contributed by atoms with Crippen LogP contribution in [0.15, 0.2) is 59.5 Å². The zero-order valence-corrected chi connectivity index (χ0v) is 15.1. The van der Waals surface area contributed by atoms with Crippen molar-refractivity contribution in [3.05, 3.63) is 66.0 Å². The second-order valence-electron chi connectivity index (χ2n) is 6.03. The number of rotatable bonds is 10. The second kappa shape index (κ2) is 9.45. The van der Waals surface area contributed by atoms with E-state index in [4.69, 9.17) is 5.11 Å². The number of benzene rings is 2. The van der Waals surface area contributed by atoms with E-state index in [1.165, 1.54) is 24.3 Å². The van der Waals surface area contributed by atoms with E-state index >= 15 is 0 Å². The van der Waals surface area contributed by atoms with Gasteiger partial charge in [-0.05, 0) is 42.7 Å². The lowest BCUT2D eigenvalue weighted by Crippen LogP contribution is -2.28. The minimum Gasteiger partial charge on any atom is -0.481 e. The van der Waals surface area contributed by atoms with Gasteiger partial charge in [0.05, 0.1) is 4.90 Å². The standard InChI is InChI=1S/C19H22FNO4S/c20-16-13-11-15(12-14-16)18(9-5-2-6-10-19(22)23)21-26(24,25)17-7-3-1-4-8-17/h1,3-4,7-8,11-14,18,21H,2,5-6,9-10H2,(H,22,23). The number of hydrogen-bond acceptors (Lipinski definition) is 3. The van der Waals surface area contributed by atoms with Crippen molar-refractivity contribution in [2.75, 3.05) is 0 Å². The third-order valence-corrected chi connectivity index (χ3v) is 5.49. The van der Waals surface area contributed by atoms with Gasteiger partial charge in [0.15, 0.2) is 0 Å². The van der Waals surface area contributed by atoms with Crippen LogP contribution in [0.1, 0.15) is 43.7 Å². The Kier molecular flexibility index (Phi) is 7.29. The number of aliphatic carboxylic acids is 1. The molecule has 1 atom stereocenters. The van der Waals surface area contributed by atoms with Crippen molar-refractivity contribution in [3.63, 3.8) is 0 Å². The predicted molar refractivity (Wildman–Crippen MR) is 96.6 cm³/mol. The first-order chi connectivity index (χ1) is 12.4. The zero-order valence-electron chi connectivity index (χ0n) is 14.3. The van der Waals surface area contributed by atoms with Crippen molar-refractivity contribution in [3.8, 4) is 0 Å². The number of sulfonamides is 1. The molecule has 1 unspecified atom stereocenters. The molecule has 0 aliphatic rings. The zero-order chi connectivity index (χ0) is 19.0. The summed E-state index contributed by atoms with van der Waals surface area (Å²) in [5.41, 5.74) is 0.671. The van der Waals surface area contributed by atoms with Gasteiger partial charge in [0.2, 0.25) is 10.0 Å². The Labute approximate surface area is 152 Å². The van der Waals surface area contributed by atoms with Crippen LogP contribution in [0.25, 0.3) is 0 Å². The molecule has 5 nitrogen and oxygen atoms in total. The van der Waals surface area contributed by atoms with E-state index < -0.39 is 22.0 Å². The smallest absolute Gasteiger partial charge is 0.303 e. The molecule has 0 aliphatic heterocycles. The predicted octanol–water partition coefficient (Wildman–Crippen LogP) is 3.88. The summed E-state index contributed by atoms with van der Waals surface area (Å²) >= 11 is 0. The molecule has 2 aromatic rings. The number of hydrogen-bond donors (Lipinski definition) is 2. The van der Waals surface area contributed by atoms with E-state index in [-0.39, 0.29) is 17.1 Å². The Bertz CT molecular complexity index is 807. The van der Waals surface area contributed by atoms with Crippen molar-refractivity contribution in [2.45, 2.75) is 43.0 Å². The minimum absolute atomic E-state index is 0.0942. The Morgan fingerprint density at radius 1 is 1.00 bits per heavy atom. The van der Waals surface area contributed by atoms with Crippen molar-refractivity contribution < 1.29 is 22.7 Å². The highest BCUT2D eigenvalue weighted by atomic mass is 32.2. The molecule has 0 saturated carbocycles. The molecule has 7 heteroatoms. The van der Waals surface area contributed by atoms with Crippen LogP contribution in [0.4, 0.5) is 4.39 Å². The van der Waals surface area contributed by atoms with Gasteiger partial charge in [0, 0.05) is 12.5 Å². The summed E-state index contributed by atoms with van der Waals surface area (Å²) < 4.78 is 41.1. The minimum atomic E-state index is -3.71. The van der Waals surface area contributed by atoms with Gasteiger partial charge in [-0.15, -0.1) is 0 Å². The molecule has 2 rings (SSSR count). The summed E-state index contributed by atoms with van der Waals surface area (Å²) in [5, 5.41) is 8.68. The first kappa shape index (κ1) is 20.1. The van der Waals surface area contributed by atoms with Gasteiger partial charge in [0.1, 0.15) is 5.82 Å². The lowest BCUT2D eigenvalue weighted by molar-refractivity contribution is -0.137. The van der Waals surface area contributed by atoms with E-state index in [9.17, 15) is 17.6 Å². The van der Waals surface area contributed by atoms with E-state index in [1.807, 2.05) is 0 Å². The van der Waals surface area contributed by atoms with Crippen LogP contribution >= 0.6 is 0 Å². The third-order valence-electron chi connectivity index (χ3n) is 4.01. The molecule has 0 aliphatic carbocycles. The van der Waals surface area contributed by atoms with Crippen molar-refractivity contribution in [1.82, 2.24) is 4.72 Å². The van der Waals surface area contributed by atoms with Crippen LogP contribution in [-0.4, -0.2) is 19.5 Å². The highest BCUT2D eigenvalue weighted by Crippen LogP contribution is 2.23. The van der Waals surface area contributed by atoms with Crippen LogP contribution in [0, 0.1) is 5.82 Å². The molecule has 0 saturated heterocycles. The molecule has 0 bridgehead atoms. The third kappa shape index (κ3) is 6.24. The first-order valence-corrected chi connectivity index (χ1v) is 9.91. The highest BCUT2D eigenvalue weighted by Gasteiger charge is 2.21. The van der Waals surface area contributed by atoms with Crippen LogP contribution < -0.4 is 4.72 Å². The average Bonchev–Trinajstić information content (AvgIpc) is 2.61. The maximum Gasteiger partial charge on any atom is 0.303 e. The Morgan fingerprint density at radius 2 is 1.65 bits per heavy atom. The molecule has 0 aromatic heterocycles. The molecule has 2 aromatic carbocycles. The fourth-order valence-electron chi connectivity index (χ4n) is 2.65. The summed E-state index contributed by atoms with van der Waals surface area (Å²) in [6.45, 7) is 0. The molecule has 2 N–H and O–H groups in total. The van der Waals surface area contributed by atoms with E-state index in [2.05, 4.69) is 4.72 Å². The molecule has 0 fully saturated rings. The van der Waals surface area contributed by atoms with Gasteiger partial charge in [-0.3, -0.25) is 4.79 Å². The molecule has 26 heavy (non-hydrogen) atoms. The van der Waals surface area contributed by atoms with Crippen molar-refractivity contribution >= 4 is 16.0 Å². The van der Waals surface area contributed by atoms with Gasteiger partial charge in [-0.25, -0.2) is 17.5 Å². The summed E-state index contributed by atoms with van der Waals surface area (Å²) in [7, 11) is -3.71. The quantitative estimate of drug-likeness (QED) is 0.614. The number of carboxylic acids is 1. The first-order valence-electron chi connectivity index (χ1n) is 8.43. The Balaban J connectivity index is 2.10. The van der Waals surface area contributed by atoms with Crippen LogP contribution in [-0.2, 0) is 14.8 Å². The number of carboxylic acid groups (broad SMARTS) is 1. The fourth-order valence-corrected chi connectivity index (χ4v) is 3.93. The van der Waals surface area contributed by atoms with Crippen LogP contribution in [0.3, 0.4) is 0 Å². The Hall–Kier alpha value is -2.25. The fraction of sp³-hybridized carbons (Fsp3) is 0.316. The normalized spacial score (nSPS) is 12.7. The van der Waals surface area contributed by atoms with Gasteiger partial charge in [-0.1, -0.05) is 43.2 Å². The molecule has 0 heterocycles. The van der Waals surface area contributed by atoms with Gasteiger partial charge in [-0.2, -0.15) is 0 Å². The number of carbonyl (C=O) groups is 1. The van der Waals surface area contributed by atoms with E-state index in [0.717, 1.165) is 0 Å². The topological polar surface area (TPSA) is 83.5 Å². The number of unbranched alkanes of at least 4 members (excludes halogenated alkanes) is 2. The lowest BCUT2D eigenvalue weighted by atomic mass is 10.0. The van der Waals surface area contributed by atoms with Crippen LogP contribution in [0.5, 0.6) is 0 Å². The van der Waals surface area contributed by atoms with Gasteiger partial charge >= 0.3 is 5.97 Å². The molecule has 0 spiro atoms. The summed E-state index contributed by atoms with van der Waals surface area (Å²) in [6.07, 6.45) is 2.47.